The van der Waals surface area contributed by atoms with Crippen LogP contribution in [0.2, 0.25) is 0 Å². The SMILES string of the molecule is CC(C)(C)C(Cn1ccnc1)NC(=O)c1ncn[nH]1. The highest BCUT2D eigenvalue weighted by atomic mass is 16.2. The number of nitrogens with one attached hydrogen (secondary N) is 2. The lowest BCUT2D eigenvalue weighted by atomic mass is 9.86. The van der Waals surface area contributed by atoms with Crippen molar-refractivity contribution in [3.8, 4) is 0 Å². The van der Waals surface area contributed by atoms with Gasteiger partial charge in [-0.05, 0) is 5.41 Å². The molecule has 2 N–H and O–H groups in total. The van der Waals surface area contributed by atoms with E-state index in [1.165, 1.54) is 6.33 Å². The van der Waals surface area contributed by atoms with Crippen molar-refractivity contribution in [2.24, 2.45) is 5.41 Å². The van der Waals surface area contributed by atoms with Crippen LogP contribution in [0.4, 0.5) is 0 Å². The first-order valence-corrected chi connectivity index (χ1v) is 6.09. The molecule has 19 heavy (non-hydrogen) atoms. The lowest BCUT2D eigenvalue weighted by Crippen LogP contribution is -2.46. The van der Waals surface area contributed by atoms with Crippen molar-refractivity contribution >= 4 is 5.91 Å². The number of imidazole rings is 1. The quantitative estimate of drug-likeness (QED) is 0.854. The molecule has 102 valence electrons. The highest BCUT2D eigenvalue weighted by Crippen LogP contribution is 2.21. The highest BCUT2D eigenvalue weighted by molar-refractivity contribution is 5.90. The number of aromatic amines is 1. The molecule has 7 heteroatoms. The maximum Gasteiger partial charge on any atom is 0.288 e. The highest BCUT2D eigenvalue weighted by Gasteiger charge is 2.27. The molecule has 0 aliphatic carbocycles. The molecule has 2 aromatic heterocycles. The normalized spacial score (nSPS) is 13.2. The van der Waals surface area contributed by atoms with E-state index in [0.717, 1.165) is 0 Å². The molecular formula is C12H18N6O. The van der Waals surface area contributed by atoms with Crippen LogP contribution in [-0.2, 0) is 6.54 Å². The molecule has 2 heterocycles. The summed E-state index contributed by atoms with van der Waals surface area (Å²) in [6, 6.07) is -0.0423. The van der Waals surface area contributed by atoms with E-state index >= 15 is 0 Å². The summed E-state index contributed by atoms with van der Waals surface area (Å²) in [7, 11) is 0. The third-order valence-corrected chi connectivity index (χ3v) is 2.93. The van der Waals surface area contributed by atoms with E-state index < -0.39 is 0 Å². The molecular weight excluding hydrogens is 244 g/mol. The number of nitrogens with zero attached hydrogens (tertiary/aromatic N) is 4. The number of hydrogen-bond acceptors (Lipinski definition) is 4. The van der Waals surface area contributed by atoms with Crippen LogP contribution >= 0.6 is 0 Å². The van der Waals surface area contributed by atoms with Gasteiger partial charge in [0.15, 0.2) is 0 Å². The molecule has 0 fully saturated rings. The van der Waals surface area contributed by atoms with Gasteiger partial charge in [-0.25, -0.2) is 9.97 Å². The van der Waals surface area contributed by atoms with Crippen molar-refractivity contribution in [2.75, 3.05) is 0 Å². The monoisotopic (exact) mass is 262 g/mol. The van der Waals surface area contributed by atoms with E-state index in [4.69, 9.17) is 0 Å². The van der Waals surface area contributed by atoms with Crippen molar-refractivity contribution < 1.29 is 4.79 Å². The maximum atomic E-state index is 12.0. The van der Waals surface area contributed by atoms with Gasteiger partial charge in [0.25, 0.3) is 5.91 Å². The second-order valence-electron chi connectivity index (χ2n) is 5.49. The predicted molar refractivity (Wildman–Crippen MR) is 69.3 cm³/mol. The van der Waals surface area contributed by atoms with Crippen molar-refractivity contribution in [1.29, 1.82) is 0 Å². The summed E-state index contributed by atoms with van der Waals surface area (Å²) >= 11 is 0. The molecule has 7 nitrogen and oxygen atoms in total. The van der Waals surface area contributed by atoms with Crippen LogP contribution in [0.15, 0.2) is 25.0 Å². The molecule has 0 bridgehead atoms. The molecule has 0 aliphatic heterocycles. The van der Waals surface area contributed by atoms with Crippen molar-refractivity contribution in [2.45, 2.75) is 33.4 Å². The number of aromatic nitrogens is 5. The van der Waals surface area contributed by atoms with Gasteiger partial charge in [-0.15, -0.1) is 0 Å². The molecule has 1 amide bonds. The molecule has 2 rings (SSSR count). The van der Waals surface area contributed by atoms with Crippen molar-refractivity contribution in [3.63, 3.8) is 0 Å². The molecule has 0 aromatic carbocycles. The van der Waals surface area contributed by atoms with Gasteiger partial charge in [0.05, 0.1) is 12.4 Å². The molecule has 2 aromatic rings. The average molecular weight is 262 g/mol. The largest absolute Gasteiger partial charge is 0.344 e. The first-order valence-electron chi connectivity index (χ1n) is 6.09. The molecule has 0 saturated carbocycles. The van der Waals surface area contributed by atoms with Crippen LogP contribution in [0, 0.1) is 5.41 Å². The van der Waals surface area contributed by atoms with Crippen LogP contribution in [0.5, 0.6) is 0 Å². The van der Waals surface area contributed by atoms with Gasteiger partial charge in [0.1, 0.15) is 6.33 Å². The Bertz CT molecular complexity index is 511. The van der Waals surface area contributed by atoms with Gasteiger partial charge in [0.2, 0.25) is 5.82 Å². The fourth-order valence-corrected chi connectivity index (χ4v) is 1.68. The average Bonchev–Trinajstić information content (AvgIpc) is 2.99. The molecule has 1 atom stereocenters. The van der Waals surface area contributed by atoms with E-state index in [-0.39, 0.29) is 23.2 Å². The van der Waals surface area contributed by atoms with E-state index in [9.17, 15) is 4.79 Å². The Morgan fingerprint density at radius 2 is 2.32 bits per heavy atom. The molecule has 0 spiro atoms. The van der Waals surface area contributed by atoms with Gasteiger partial charge in [-0.1, -0.05) is 20.8 Å². The number of carbonyl (C=O) groups is 1. The van der Waals surface area contributed by atoms with Crippen LogP contribution < -0.4 is 5.32 Å². The zero-order chi connectivity index (χ0) is 13.9. The maximum absolute atomic E-state index is 12.0. The van der Waals surface area contributed by atoms with Gasteiger partial charge >= 0.3 is 0 Å². The predicted octanol–water partition coefficient (Wildman–Crippen LogP) is 0.846. The fourth-order valence-electron chi connectivity index (χ4n) is 1.68. The summed E-state index contributed by atoms with van der Waals surface area (Å²) in [5.74, 6) is -0.0302. The number of amides is 1. The Balaban J connectivity index is 2.08. The summed E-state index contributed by atoms with van der Waals surface area (Å²) in [5, 5.41) is 9.21. The van der Waals surface area contributed by atoms with Crippen LogP contribution in [-0.4, -0.2) is 36.7 Å². The number of H-pyrrole nitrogens is 1. The second kappa shape index (κ2) is 5.21. The summed E-state index contributed by atoms with van der Waals surface area (Å²) in [4.78, 5) is 19.9. The lowest BCUT2D eigenvalue weighted by Gasteiger charge is -2.31. The summed E-state index contributed by atoms with van der Waals surface area (Å²) in [6.45, 7) is 6.89. The minimum absolute atomic E-state index is 0.0423. The third kappa shape index (κ3) is 3.40. The Kier molecular flexibility index (Phi) is 3.64. The molecule has 0 saturated heterocycles. The van der Waals surface area contributed by atoms with Gasteiger partial charge < -0.3 is 9.88 Å². The van der Waals surface area contributed by atoms with Crippen LogP contribution in [0.3, 0.4) is 0 Å². The molecule has 1 unspecified atom stereocenters. The summed E-state index contributed by atoms with van der Waals surface area (Å²) < 4.78 is 1.94. The second-order valence-corrected chi connectivity index (χ2v) is 5.49. The number of carbonyl (C=O) groups excluding carboxylic acids is 1. The van der Waals surface area contributed by atoms with E-state index in [1.54, 1.807) is 12.5 Å². The molecule has 0 aliphatic rings. The number of hydrogen-bond donors (Lipinski definition) is 2. The smallest absolute Gasteiger partial charge is 0.288 e. The minimum Gasteiger partial charge on any atom is -0.344 e. The standard InChI is InChI=1S/C12H18N6O/c1-12(2,3)9(6-18-5-4-13-8-18)16-11(19)10-14-7-15-17-10/h4-5,7-9H,6H2,1-3H3,(H,16,19)(H,14,15,17). The first kappa shape index (κ1) is 13.3. The minimum atomic E-state index is -0.252. The zero-order valence-corrected chi connectivity index (χ0v) is 11.3. The summed E-state index contributed by atoms with van der Waals surface area (Å²) in [6.07, 6.45) is 6.65. The van der Waals surface area contributed by atoms with Crippen LogP contribution in [0.1, 0.15) is 31.4 Å². The molecule has 0 radical (unpaired) electrons. The van der Waals surface area contributed by atoms with Gasteiger partial charge in [-0.3, -0.25) is 9.89 Å². The Morgan fingerprint density at radius 3 is 2.84 bits per heavy atom. The summed E-state index contributed by atoms with van der Waals surface area (Å²) in [5.41, 5.74) is -0.0834. The Morgan fingerprint density at radius 1 is 1.53 bits per heavy atom. The van der Waals surface area contributed by atoms with Crippen LogP contribution in [0.25, 0.3) is 0 Å². The fraction of sp³-hybridized carbons (Fsp3) is 0.500. The van der Waals surface area contributed by atoms with E-state index in [1.807, 2.05) is 10.8 Å². The zero-order valence-electron chi connectivity index (χ0n) is 11.3. The lowest BCUT2D eigenvalue weighted by molar-refractivity contribution is 0.0882. The topological polar surface area (TPSA) is 88.5 Å². The van der Waals surface area contributed by atoms with E-state index in [0.29, 0.717) is 6.54 Å². The van der Waals surface area contributed by atoms with Crippen molar-refractivity contribution in [3.05, 3.63) is 30.9 Å². The Labute approximate surface area is 111 Å². The first-order chi connectivity index (χ1) is 8.97. The Hall–Kier alpha value is -2.18. The third-order valence-electron chi connectivity index (χ3n) is 2.93. The van der Waals surface area contributed by atoms with Crippen molar-refractivity contribution in [1.82, 2.24) is 30.0 Å². The van der Waals surface area contributed by atoms with Gasteiger partial charge in [0, 0.05) is 18.9 Å². The number of rotatable bonds is 4. The van der Waals surface area contributed by atoms with Gasteiger partial charge in [-0.2, -0.15) is 5.10 Å². The van der Waals surface area contributed by atoms with E-state index in [2.05, 4.69) is 46.3 Å².